The van der Waals surface area contributed by atoms with Crippen LogP contribution in [0.1, 0.15) is 23.7 Å². The largest absolute Gasteiger partial charge is 0.358 e. The molecule has 1 atom stereocenters. The summed E-state index contributed by atoms with van der Waals surface area (Å²) in [5.41, 5.74) is 3.98. The van der Waals surface area contributed by atoms with Crippen LogP contribution in [0.4, 0.5) is 0 Å². The molecule has 0 spiro atoms. The summed E-state index contributed by atoms with van der Waals surface area (Å²) in [7, 11) is 0. The third-order valence-corrected chi connectivity index (χ3v) is 4.26. The van der Waals surface area contributed by atoms with Crippen LogP contribution in [0.15, 0.2) is 36.9 Å². The van der Waals surface area contributed by atoms with Crippen molar-refractivity contribution in [2.24, 2.45) is 0 Å². The lowest BCUT2D eigenvalue weighted by Gasteiger charge is -2.35. The molecule has 3 nitrogen and oxygen atoms in total. The molecule has 2 N–H and O–H groups in total. The fourth-order valence-corrected chi connectivity index (χ4v) is 3.33. The molecule has 3 rings (SSSR count). The number of aromatic nitrogens is 1. The highest BCUT2D eigenvalue weighted by atomic mass is 15.2. The topological polar surface area (TPSA) is 31.1 Å². The molecule has 20 heavy (non-hydrogen) atoms. The molecule has 106 valence electrons. The van der Waals surface area contributed by atoms with Crippen LogP contribution in [-0.2, 0) is 0 Å². The van der Waals surface area contributed by atoms with Crippen LogP contribution in [0.5, 0.6) is 0 Å². The zero-order valence-electron chi connectivity index (χ0n) is 12.2. The molecule has 1 aliphatic heterocycles. The summed E-state index contributed by atoms with van der Waals surface area (Å²) >= 11 is 0. The van der Waals surface area contributed by atoms with Gasteiger partial charge in [-0.3, -0.25) is 4.90 Å². The first kappa shape index (κ1) is 13.4. The van der Waals surface area contributed by atoms with E-state index >= 15 is 0 Å². The van der Waals surface area contributed by atoms with Crippen LogP contribution in [-0.4, -0.2) is 36.1 Å². The molecule has 1 aromatic carbocycles. The van der Waals surface area contributed by atoms with Crippen LogP contribution in [0.3, 0.4) is 0 Å². The van der Waals surface area contributed by atoms with Crippen LogP contribution in [0, 0.1) is 6.92 Å². The SMILES string of the molecule is C=CC[C@H](c1c(C)[nH]c2ccccc12)N1CCNCC1. The number of H-pyrrole nitrogens is 1. The monoisotopic (exact) mass is 269 g/mol. The van der Waals surface area contributed by atoms with Gasteiger partial charge in [-0.15, -0.1) is 6.58 Å². The van der Waals surface area contributed by atoms with E-state index in [0.29, 0.717) is 6.04 Å². The maximum Gasteiger partial charge on any atom is 0.0459 e. The normalized spacial score (nSPS) is 18.2. The van der Waals surface area contributed by atoms with Gasteiger partial charge in [-0.25, -0.2) is 0 Å². The first-order valence-corrected chi connectivity index (χ1v) is 7.44. The van der Waals surface area contributed by atoms with E-state index in [1.54, 1.807) is 0 Å². The van der Waals surface area contributed by atoms with E-state index in [-0.39, 0.29) is 0 Å². The first-order chi connectivity index (χ1) is 9.81. The minimum atomic E-state index is 0.436. The molecule has 1 aliphatic rings. The van der Waals surface area contributed by atoms with Crippen molar-refractivity contribution in [3.63, 3.8) is 0 Å². The minimum absolute atomic E-state index is 0.436. The second-order valence-corrected chi connectivity index (χ2v) is 5.54. The van der Waals surface area contributed by atoms with Gasteiger partial charge in [0.25, 0.3) is 0 Å². The number of aryl methyl sites for hydroxylation is 1. The van der Waals surface area contributed by atoms with Crippen molar-refractivity contribution in [3.8, 4) is 0 Å². The summed E-state index contributed by atoms with van der Waals surface area (Å²) < 4.78 is 0. The summed E-state index contributed by atoms with van der Waals surface area (Å²) in [5.74, 6) is 0. The Morgan fingerprint density at radius 1 is 1.30 bits per heavy atom. The molecule has 0 bridgehead atoms. The number of para-hydroxylation sites is 1. The Hall–Kier alpha value is -1.58. The summed E-state index contributed by atoms with van der Waals surface area (Å²) in [5, 5.41) is 4.79. The Bertz CT molecular complexity index is 593. The van der Waals surface area contributed by atoms with Crippen molar-refractivity contribution in [2.45, 2.75) is 19.4 Å². The molecular weight excluding hydrogens is 246 g/mol. The third kappa shape index (κ3) is 2.39. The zero-order valence-corrected chi connectivity index (χ0v) is 12.2. The van der Waals surface area contributed by atoms with E-state index in [0.717, 1.165) is 32.6 Å². The summed E-state index contributed by atoms with van der Waals surface area (Å²) in [6.45, 7) is 10.5. The van der Waals surface area contributed by atoms with Gasteiger partial charge < -0.3 is 10.3 Å². The predicted molar refractivity (Wildman–Crippen MR) is 85.0 cm³/mol. The van der Waals surface area contributed by atoms with Crippen LogP contribution in [0.2, 0.25) is 0 Å². The van der Waals surface area contributed by atoms with E-state index in [1.807, 2.05) is 6.08 Å². The number of hydrogen-bond acceptors (Lipinski definition) is 2. The average molecular weight is 269 g/mol. The zero-order chi connectivity index (χ0) is 13.9. The number of fused-ring (bicyclic) bond motifs is 1. The highest BCUT2D eigenvalue weighted by Crippen LogP contribution is 2.33. The van der Waals surface area contributed by atoms with E-state index in [9.17, 15) is 0 Å². The first-order valence-electron chi connectivity index (χ1n) is 7.44. The van der Waals surface area contributed by atoms with Crippen molar-refractivity contribution in [2.75, 3.05) is 26.2 Å². The van der Waals surface area contributed by atoms with E-state index in [4.69, 9.17) is 0 Å². The van der Waals surface area contributed by atoms with Gasteiger partial charge >= 0.3 is 0 Å². The number of benzene rings is 1. The molecule has 1 saturated heterocycles. The molecule has 0 unspecified atom stereocenters. The molecule has 0 aliphatic carbocycles. The maximum absolute atomic E-state index is 3.96. The van der Waals surface area contributed by atoms with Gasteiger partial charge in [0.1, 0.15) is 0 Å². The standard InChI is InChI=1S/C17H23N3/c1-3-6-16(20-11-9-18-10-12-20)17-13(2)19-15-8-5-4-7-14(15)17/h3-5,7-8,16,18-19H,1,6,9-12H2,2H3/t16-/m1/s1. The lowest BCUT2D eigenvalue weighted by molar-refractivity contribution is 0.175. The fourth-order valence-electron chi connectivity index (χ4n) is 3.33. The molecule has 0 saturated carbocycles. The Morgan fingerprint density at radius 2 is 2.05 bits per heavy atom. The lowest BCUT2D eigenvalue weighted by Crippen LogP contribution is -2.45. The van der Waals surface area contributed by atoms with Crippen molar-refractivity contribution < 1.29 is 0 Å². The van der Waals surface area contributed by atoms with E-state index < -0.39 is 0 Å². The Labute approximate surface area is 120 Å². The quantitative estimate of drug-likeness (QED) is 0.836. The van der Waals surface area contributed by atoms with Crippen molar-refractivity contribution in [3.05, 3.63) is 48.2 Å². The maximum atomic E-state index is 3.96. The highest BCUT2D eigenvalue weighted by molar-refractivity contribution is 5.85. The molecule has 2 heterocycles. The average Bonchev–Trinajstić information content (AvgIpc) is 2.82. The number of hydrogen-bond donors (Lipinski definition) is 2. The van der Waals surface area contributed by atoms with Crippen LogP contribution in [0.25, 0.3) is 10.9 Å². The number of rotatable bonds is 4. The number of aromatic amines is 1. The second-order valence-electron chi connectivity index (χ2n) is 5.54. The smallest absolute Gasteiger partial charge is 0.0459 e. The van der Waals surface area contributed by atoms with Gasteiger partial charge in [0.15, 0.2) is 0 Å². The van der Waals surface area contributed by atoms with Gasteiger partial charge in [-0.2, -0.15) is 0 Å². The number of nitrogens with one attached hydrogen (secondary N) is 2. The van der Waals surface area contributed by atoms with Gasteiger partial charge in [0.05, 0.1) is 0 Å². The minimum Gasteiger partial charge on any atom is -0.358 e. The lowest BCUT2D eigenvalue weighted by atomic mass is 9.98. The molecule has 3 heteroatoms. The third-order valence-electron chi connectivity index (χ3n) is 4.26. The Balaban J connectivity index is 2.04. The summed E-state index contributed by atoms with van der Waals surface area (Å²) in [6, 6.07) is 9.05. The Kier molecular flexibility index (Phi) is 3.90. The fraction of sp³-hybridized carbons (Fsp3) is 0.412. The van der Waals surface area contributed by atoms with Crippen molar-refractivity contribution >= 4 is 10.9 Å². The number of piperazine rings is 1. The van der Waals surface area contributed by atoms with E-state index in [1.165, 1.54) is 22.2 Å². The molecule has 0 radical (unpaired) electrons. The van der Waals surface area contributed by atoms with Crippen molar-refractivity contribution in [1.29, 1.82) is 0 Å². The van der Waals surface area contributed by atoms with Gasteiger partial charge in [-0.05, 0) is 25.0 Å². The van der Waals surface area contributed by atoms with Gasteiger partial charge in [0, 0.05) is 48.8 Å². The van der Waals surface area contributed by atoms with Gasteiger partial charge in [-0.1, -0.05) is 24.3 Å². The molecule has 1 fully saturated rings. The molecule has 2 aromatic rings. The second kappa shape index (κ2) is 5.81. The molecule has 1 aromatic heterocycles. The summed E-state index contributed by atoms with van der Waals surface area (Å²) in [4.78, 5) is 6.11. The van der Waals surface area contributed by atoms with Crippen LogP contribution >= 0.6 is 0 Å². The predicted octanol–water partition coefficient (Wildman–Crippen LogP) is 3.00. The van der Waals surface area contributed by atoms with Gasteiger partial charge in [0.2, 0.25) is 0 Å². The molecular formula is C17H23N3. The van der Waals surface area contributed by atoms with E-state index in [2.05, 4.69) is 53.0 Å². The van der Waals surface area contributed by atoms with Crippen molar-refractivity contribution in [1.82, 2.24) is 15.2 Å². The molecule has 0 amide bonds. The Morgan fingerprint density at radius 3 is 2.80 bits per heavy atom. The highest BCUT2D eigenvalue weighted by Gasteiger charge is 2.25. The summed E-state index contributed by atoms with van der Waals surface area (Å²) in [6.07, 6.45) is 3.05. The van der Waals surface area contributed by atoms with Crippen LogP contribution < -0.4 is 5.32 Å². The number of nitrogens with zero attached hydrogens (tertiary/aromatic N) is 1.